The Kier molecular flexibility index (Phi) is 7.31. The van der Waals surface area contributed by atoms with Crippen LogP contribution < -0.4 is 0 Å². The maximum Gasteiger partial charge on any atom is 0.206 e. The van der Waals surface area contributed by atoms with Crippen molar-refractivity contribution >= 4 is 25.6 Å². The molecule has 0 aliphatic rings. The first kappa shape index (κ1) is 28.6. The second kappa shape index (κ2) is 10.5. The van der Waals surface area contributed by atoms with Gasteiger partial charge < -0.3 is 10.1 Å². The molecule has 0 bridgehead atoms. The number of fused-ring (bicyclic) bond motifs is 1. The Labute approximate surface area is 243 Å². The molecule has 4 nitrogen and oxygen atoms in total. The van der Waals surface area contributed by atoms with Crippen LogP contribution in [0.3, 0.4) is 0 Å². The molecular formula is C36H37NO3S. The highest BCUT2D eigenvalue weighted by atomic mass is 32.2. The van der Waals surface area contributed by atoms with Crippen molar-refractivity contribution in [3.63, 3.8) is 0 Å². The average molecular weight is 564 g/mol. The number of nitrogens with one attached hydrogen (secondary N) is 1. The summed E-state index contributed by atoms with van der Waals surface area (Å²) in [5.74, 6) is 0. The van der Waals surface area contributed by atoms with Crippen LogP contribution in [-0.2, 0) is 15.4 Å². The Morgan fingerprint density at radius 1 is 0.707 bits per heavy atom. The zero-order valence-corrected chi connectivity index (χ0v) is 25.3. The van der Waals surface area contributed by atoms with Gasteiger partial charge in [-0.1, -0.05) is 122 Å². The smallest absolute Gasteiger partial charge is 0.206 e. The molecule has 210 valence electrons. The van der Waals surface area contributed by atoms with Gasteiger partial charge in [-0.15, -0.1) is 0 Å². The molecule has 0 fully saturated rings. The highest BCUT2D eigenvalue weighted by Crippen LogP contribution is 2.46. The fraction of sp³-hybridized carbons (Fsp3) is 0.222. The predicted octanol–water partition coefficient (Wildman–Crippen LogP) is 8.24. The van der Waals surface area contributed by atoms with Crippen LogP contribution in [0.2, 0.25) is 0 Å². The number of hydrogen-bond acceptors (Lipinski definition) is 3. The summed E-state index contributed by atoms with van der Waals surface area (Å²) >= 11 is 0. The van der Waals surface area contributed by atoms with Crippen LogP contribution >= 0.6 is 0 Å². The number of para-hydroxylation sites is 1. The molecule has 0 aliphatic carbocycles. The highest BCUT2D eigenvalue weighted by Gasteiger charge is 2.41. The number of allylic oxidation sites excluding steroid dienone is 1. The van der Waals surface area contributed by atoms with Crippen molar-refractivity contribution in [1.82, 2.24) is 4.98 Å². The number of rotatable bonds is 6. The van der Waals surface area contributed by atoms with Crippen molar-refractivity contribution in [3.8, 4) is 0 Å². The van der Waals surface area contributed by atoms with Gasteiger partial charge in [0.2, 0.25) is 9.84 Å². The van der Waals surface area contributed by atoms with Gasteiger partial charge in [-0.25, -0.2) is 8.42 Å². The van der Waals surface area contributed by atoms with Crippen molar-refractivity contribution in [3.05, 3.63) is 142 Å². The van der Waals surface area contributed by atoms with E-state index < -0.39 is 20.9 Å². The van der Waals surface area contributed by atoms with Crippen LogP contribution in [0.4, 0.5) is 0 Å². The number of benzene rings is 4. The molecule has 0 radical (unpaired) electrons. The molecule has 0 atom stereocenters. The molecule has 1 heterocycles. The molecule has 2 N–H and O–H groups in total. The molecule has 41 heavy (non-hydrogen) atoms. The Morgan fingerprint density at radius 2 is 1.17 bits per heavy atom. The molecule has 5 heteroatoms. The Morgan fingerprint density at radius 3 is 1.66 bits per heavy atom. The lowest BCUT2D eigenvalue weighted by atomic mass is 9.80. The molecule has 0 amide bonds. The van der Waals surface area contributed by atoms with E-state index in [0.717, 1.165) is 27.6 Å². The molecule has 0 saturated heterocycles. The number of aliphatic hydroxyl groups is 1. The van der Waals surface area contributed by atoms with Gasteiger partial charge in [0.25, 0.3) is 0 Å². The fourth-order valence-electron chi connectivity index (χ4n) is 5.24. The maximum atomic E-state index is 14.5. The van der Waals surface area contributed by atoms with E-state index in [1.165, 1.54) is 0 Å². The minimum Gasteiger partial charge on any atom is -0.375 e. The van der Waals surface area contributed by atoms with E-state index in [1.54, 1.807) is 12.1 Å². The fourth-order valence-corrected chi connectivity index (χ4v) is 6.97. The molecule has 0 saturated carbocycles. The van der Waals surface area contributed by atoms with E-state index in [1.807, 2.05) is 133 Å². The Hall–Kier alpha value is -3.93. The number of H-pyrrole nitrogens is 1. The molecular weight excluding hydrogens is 526 g/mol. The minimum atomic E-state index is -4.00. The largest absolute Gasteiger partial charge is 0.375 e. The van der Waals surface area contributed by atoms with Crippen LogP contribution in [0.5, 0.6) is 0 Å². The first-order valence-electron chi connectivity index (χ1n) is 13.8. The second-order valence-corrected chi connectivity index (χ2v) is 14.0. The van der Waals surface area contributed by atoms with Crippen LogP contribution in [0.1, 0.15) is 59.8 Å². The van der Waals surface area contributed by atoms with Crippen molar-refractivity contribution in [2.75, 3.05) is 0 Å². The zero-order valence-electron chi connectivity index (χ0n) is 24.5. The third-order valence-electron chi connectivity index (χ3n) is 7.44. The SMILES string of the molecule is Cc1ccc(C(O)(c2ccc(C)cc2)c2[nH]c3ccccc3c2/C(=C\C(C)(C)C)S(=O)(=O)c2ccc(C)cc2)cc1. The topological polar surface area (TPSA) is 70.2 Å². The summed E-state index contributed by atoms with van der Waals surface area (Å²) in [7, 11) is -4.00. The van der Waals surface area contributed by atoms with E-state index in [-0.39, 0.29) is 9.80 Å². The van der Waals surface area contributed by atoms with E-state index in [2.05, 4.69) is 4.98 Å². The second-order valence-electron chi connectivity index (χ2n) is 12.1. The third kappa shape index (κ3) is 5.40. The summed E-state index contributed by atoms with van der Waals surface area (Å²) in [4.78, 5) is 3.85. The number of aromatic nitrogens is 1. The monoisotopic (exact) mass is 563 g/mol. The average Bonchev–Trinajstić information content (AvgIpc) is 3.31. The number of aryl methyl sites for hydroxylation is 3. The van der Waals surface area contributed by atoms with Crippen LogP contribution in [0.25, 0.3) is 15.8 Å². The molecule has 0 aliphatic heterocycles. The van der Waals surface area contributed by atoms with Gasteiger partial charge in [0, 0.05) is 16.5 Å². The summed E-state index contributed by atoms with van der Waals surface area (Å²) in [6, 6.07) is 30.1. The number of sulfone groups is 1. The van der Waals surface area contributed by atoms with E-state index in [9.17, 15) is 13.5 Å². The zero-order chi connectivity index (χ0) is 29.6. The van der Waals surface area contributed by atoms with Crippen molar-refractivity contribution in [1.29, 1.82) is 0 Å². The Balaban J connectivity index is 1.92. The molecule has 0 unspecified atom stereocenters. The Bertz CT molecular complexity index is 1790. The van der Waals surface area contributed by atoms with E-state index >= 15 is 0 Å². The van der Waals surface area contributed by atoms with Crippen LogP contribution in [-0.4, -0.2) is 18.5 Å². The minimum absolute atomic E-state index is 0.166. The third-order valence-corrected chi connectivity index (χ3v) is 9.23. The number of hydrogen-bond donors (Lipinski definition) is 2. The predicted molar refractivity (Wildman–Crippen MR) is 169 cm³/mol. The maximum absolute atomic E-state index is 14.5. The highest BCUT2D eigenvalue weighted by molar-refractivity contribution is 8.00. The van der Waals surface area contributed by atoms with Crippen LogP contribution in [0.15, 0.2) is 108 Å². The quantitative estimate of drug-likeness (QED) is 0.219. The summed E-state index contributed by atoms with van der Waals surface area (Å²) in [6.45, 7) is 11.9. The van der Waals surface area contributed by atoms with E-state index in [0.29, 0.717) is 22.4 Å². The summed E-state index contributed by atoms with van der Waals surface area (Å²) in [5, 5.41) is 13.7. The van der Waals surface area contributed by atoms with Gasteiger partial charge in [0.1, 0.15) is 0 Å². The van der Waals surface area contributed by atoms with Gasteiger partial charge in [-0.2, -0.15) is 0 Å². The van der Waals surface area contributed by atoms with Crippen molar-refractivity contribution in [2.24, 2.45) is 5.41 Å². The van der Waals surface area contributed by atoms with Gasteiger partial charge in [0.15, 0.2) is 5.60 Å². The van der Waals surface area contributed by atoms with E-state index in [4.69, 9.17) is 0 Å². The van der Waals surface area contributed by atoms with Gasteiger partial charge in [0.05, 0.1) is 15.5 Å². The lowest BCUT2D eigenvalue weighted by Gasteiger charge is -2.31. The lowest BCUT2D eigenvalue weighted by molar-refractivity contribution is 0.121. The first-order valence-corrected chi connectivity index (χ1v) is 15.3. The van der Waals surface area contributed by atoms with Crippen molar-refractivity contribution < 1.29 is 13.5 Å². The molecule has 5 rings (SSSR count). The number of aromatic amines is 1. The lowest BCUT2D eigenvalue weighted by Crippen LogP contribution is -2.31. The normalized spacial score (nSPS) is 13.1. The van der Waals surface area contributed by atoms with Gasteiger partial charge >= 0.3 is 0 Å². The van der Waals surface area contributed by atoms with Crippen molar-refractivity contribution in [2.45, 2.75) is 52.0 Å². The summed E-state index contributed by atoms with van der Waals surface area (Å²) in [5.41, 5.74) is 3.87. The molecule has 5 aromatic rings. The molecule has 1 aromatic heterocycles. The van der Waals surface area contributed by atoms with Crippen LogP contribution in [0, 0.1) is 26.2 Å². The summed E-state index contributed by atoms with van der Waals surface area (Å²) < 4.78 is 29.1. The standard InChI is InChI=1S/C36H37NO3S/c1-24-11-17-27(18-12-24)36(38,28-19-13-25(2)14-20-28)34-33(30-9-7-8-10-31(30)37-34)32(23-35(4,5)6)41(39,40)29-21-15-26(3)16-22-29/h7-23,37-38H,1-6H3/b32-23+. The van der Waals surface area contributed by atoms with Gasteiger partial charge in [-0.3, -0.25) is 0 Å². The first-order chi connectivity index (χ1) is 19.3. The van der Waals surface area contributed by atoms with Gasteiger partial charge in [-0.05, 0) is 55.5 Å². The summed E-state index contributed by atoms with van der Waals surface area (Å²) in [6.07, 6.45) is 1.81. The molecule has 0 spiro atoms. The molecule has 4 aromatic carbocycles.